The van der Waals surface area contributed by atoms with Gasteiger partial charge in [0.2, 0.25) is 11.8 Å². The van der Waals surface area contributed by atoms with Gasteiger partial charge in [-0.25, -0.2) is 5.01 Å². The number of carbonyl (C=O) groups is 2. The van der Waals surface area contributed by atoms with Gasteiger partial charge in [0.05, 0.1) is 25.0 Å². The lowest BCUT2D eigenvalue weighted by Crippen LogP contribution is -2.53. The van der Waals surface area contributed by atoms with E-state index in [9.17, 15) is 9.59 Å². The third-order valence-corrected chi connectivity index (χ3v) is 6.97. The van der Waals surface area contributed by atoms with Crippen LogP contribution in [0.1, 0.15) is 64.9 Å². The minimum absolute atomic E-state index is 0.0100. The van der Waals surface area contributed by atoms with Gasteiger partial charge in [0, 0.05) is 37.4 Å². The standard InChI is InChI=1S/C25H35N3O4/c1-4-31-22-11-10-18(16-23(22)32-5-2)24-20-8-6-7-9-21(20)25(30)28(26-24)19-12-14-27(15-13-19)17(3)29/h10-11,16,19-21H,4-9,12-15H2,1-3H3. The van der Waals surface area contributed by atoms with Gasteiger partial charge in [-0.2, -0.15) is 5.10 Å². The fourth-order valence-electron chi connectivity index (χ4n) is 5.33. The minimum Gasteiger partial charge on any atom is -0.490 e. The maximum atomic E-state index is 13.5. The molecule has 1 aliphatic carbocycles. The molecule has 3 aliphatic rings. The van der Waals surface area contributed by atoms with Gasteiger partial charge in [-0.15, -0.1) is 0 Å². The summed E-state index contributed by atoms with van der Waals surface area (Å²) in [5.41, 5.74) is 2.00. The molecule has 7 nitrogen and oxygen atoms in total. The number of benzene rings is 1. The normalized spacial score (nSPS) is 24.1. The summed E-state index contributed by atoms with van der Waals surface area (Å²) < 4.78 is 11.6. The predicted molar refractivity (Wildman–Crippen MR) is 123 cm³/mol. The van der Waals surface area contributed by atoms with Crippen molar-refractivity contribution in [3.8, 4) is 11.5 Å². The summed E-state index contributed by atoms with van der Waals surface area (Å²) in [5.74, 6) is 1.86. The van der Waals surface area contributed by atoms with Crippen molar-refractivity contribution < 1.29 is 19.1 Å². The molecular weight excluding hydrogens is 406 g/mol. The first-order valence-electron chi connectivity index (χ1n) is 12.1. The summed E-state index contributed by atoms with van der Waals surface area (Å²) in [6.45, 7) is 8.03. The molecule has 2 aliphatic heterocycles. The summed E-state index contributed by atoms with van der Waals surface area (Å²) in [6, 6.07) is 6.07. The topological polar surface area (TPSA) is 71.4 Å². The van der Waals surface area contributed by atoms with E-state index in [0.29, 0.717) is 26.3 Å². The molecule has 1 saturated carbocycles. The van der Waals surface area contributed by atoms with Gasteiger partial charge in [0.15, 0.2) is 11.5 Å². The lowest BCUT2D eigenvalue weighted by molar-refractivity contribution is -0.143. The monoisotopic (exact) mass is 441 g/mol. The zero-order valence-corrected chi connectivity index (χ0v) is 19.5. The van der Waals surface area contributed by atoms with Crippen molar-refractivity contribution in [2.45, 2.75) is 65.3 Å². The minimum atomic E-state index is -0.0100. The highest BCUT2D eigenvalue weighted by Gasteiger charge is 2.43. The maximum Gasteiger partial charge on any atom is 0.246 e. The lowest BCUT2D eigenvalue weighted by Gasteiger charge is -2.43. The van der Waals surface area contributed by atoms with Crippen molar-refractivity contribution in [3.05, 3.63) is 23.8 Å². The van der Waals surface area contributed by atoms with Crippen LogP contribution in [0.3, 0.4) is 0 Å². The van der Waals surface area contributed by atoms with Crippen LogP contribution in [0.4, 0.5) is 0 Å². The Kier molecular flexibility index (Phi) is 7.01. The number of fused-ring (bicyclic) bond motifs is 1. The second-order valence-corrected chi connectivity index (χ2v) is 8.93. The van der Waals surface area contributed by atoms with Gasteiger partial charge >= 0.3 is 0 Å². The molecule has 0 radical (unpaired) electrons. The van der Waals surface area contributed by atoms with Gasteiger partial charge in [-0.05, 0) is 57.7 Å². The van der Waals surface area contributed by atoms with Crippen LogP contribution in [0.15, 0.2) is 23.3 Å². The number of nitrogens with zero attached hydrogens (tertiary/aromatic N) is 3. The largest absolute Gasteiger partial charge is 0.490 e. The molecule has 0 aromatic heterocycles. The molecule has 2 amide bonds. The SMILES string of the molecule is CCOc1ccc(C2=NN(C3CCN(C(C)=O)CC3)C(=O)C3CCCCC23)cc1OCC. The lowest BCUT2D eigenvalue weighted by atomic mass is 9.73. The Morgan fingerprint density at radius 2 is 1.66 bits per heavy atom. The number of carbonyl (C=O) groups excluding carboxylic acids is 2. The Morgan fingerprint density at radius 3 is 2.31 bits per heavy atom. The summed E-state index contributed by atoms with van der Waals surface area (Å²) >= 11 is 0. The van der Waals surface area contributed by atoms with E-state index in [1.165, 1.54) is 0 Å². The van der Waals surface area contributed by atoms with E-state index in [1.54, 1.807) is 11.9 Å². The smallest absolute Gasteiger partial charge is 0.246 e. The molecule has 0 N–H and O–H groups in total. The number of ether oxygens (including phenoxy) is 2. The number of hydrogen-bond donors (Lipinski definition) is 0. The molecule has 7 heteroatoms. The molecule has 1 saturated heterocycles. The van der Waals surface area contributed by atoms with E-state index in [-0.39, 0.29) is 29.7 Å². The number of rotatable bonds is 6. The van der Waals surface area contributed by atoms with Crippen LogP contribution < -0.4 is 9.47 Å². The van der Waals surface area contributed by atoms with Crippen LogP contribution in [0, 0.1) is 11.8 Å². The zero-order valence-electron chi connectivity index (χ0n) is 19.5. The fourth-order valence-corrected chi connectivity index (χ4v) is 5.33. The quantitative estimate of drug-likeness (QED) is 0.672. The van der Waals surface area contributed by atoms with Crippen molar-refractivity contribution in [1.82, 2.24) is 9.91 Å². The van der Waals surface area contributed by atoms with Crippen molar-refractivity contribution >= 4 is 17.5 Å². The third kappa shape index (κ3) is 4.48. The Balaban J connectivity index is 1.67. The van der Waals surface area contributed by atoms with Crippen LogP contribution in [0.25, 0.3) is 0 Å². The van der Waals surface area contributed by atoms with Crippen molar-refractivity contribution in [2.75, 3.05) is 26.3 Å². The van der Waals surface area contributed by atoms with Crippen LogP contribution >= 0.6 is 0 Å². The van der Waals surface area contributed by atoms with Crippen molar-refractivity contribution in [2.24, 2.45) is 16.9 Å². The molecule has 1 aromatic carbocycles. The molecule has 2 unspecified atom stereocenters. The number of hydrogen-bond acceptors (Lipinski definition) is 5. The van der Waals surface area contributed by atoms with Gasteiger partial charge in [-0.1, -0.05) is 12.8 Å². The second kappa shape index (κ2) is 9.92. The Hall–Kier alpha value is -2.57. The fraction of sp³-hybridized carbons (Fsp3) is 0.640. The third-order valence-electron chi connectivity index (χ3n) is 6.97. The average molecular weight is 442 g/mol. The molecule has 2 fully saturated rings. The van der Waals surface area contributed by atoms with Gasteiger partial charge in [0.1, 0.15) is 0 Å². The Labute approximate surface area is 190 Å². The molecule has 0 bridgehead atoms. The molecule has 174 valence electrons. The summed E-state index contributed by atoms with van der Waals surface area (Å²) in [4.78, 5) is 27.0. The molecular formula is C25H35N3O4. The molecule has 4 rings (SSSR count). The van der Waals surface area contributed by atoms with E-state index in [0.717, 1.165) is 61.3 Å². The van der Waals surface area contributed by atoms with E-state index < -0.39 is 0 Å². The highest BCUT2D eigenvalue weighted by Crippen LogP contribution is 2.40. The number of piperidine rings is 1. The molecule has 2 atom stereocenters. The first-order chi connectivity index (χ1) is 15.5. The van der Waals surface area contributed by atoms with Crippen LogP contribution in [-0.2, 0) is 9.59 Å². The highest BCUT2D eigenvalue weighted by molar-refractivity contribution is 6.07. The maximum absolute atomic E-state index is 13.5. The van der Waals surface area contributed by atoms with Crippen molar-refractivity contribution in [1.29, 1.82) is 0 Å². The van der Waals surface area contributed by atoms with Crippen LogP contribution in [-0.4, -0.2) is 59.8 Å². The van der Waals surface area contributed by atoms with E-state index in [1.807, 2.05) is 36.9 Å². The number of amides is 2. The van der Waals surface area contributed by atoms with Crippen LogP contribution in [0.5, 0.6) is 11.5 Å². The van der Waals surface area contributed by atoms with E-state index in [4.69, 9.17) is 14.6 Å². The molecule has 2 heterocycles. The predicted octanol–water partition coefficient (Wildman–Crippen LogP) is 3.85. The molecule has 1 aromatic rings. The Morgan fingerprint density at radius 1 is 1.00 bits per heavy atom. The van der Waals surface area contributed by atoms with Gasteiger partial charge in [-0.3, -0.25) is 9.59 Å². The van der Waals surface area contributed by atoms with E-state index in [2.05, 4.69) is 0 Å². The van der Waals surface area contributed by atoms with E-state index >= 15 is 0 Å². The molecule has 32 heavy (non-hydrogen) atoms. The van der Waals surface area contributed by atoms with Gasteiger partial charge in [0.25, 0.3) is 0 Å². The zero-order chi connectivity index (χ0) is 22.7. The van der Waals surface area contributed by atoms with Crippen molar-refractivity contribution in [3.63, 3.8) is 0 Å². The Bertz CT molecular complexity index is 876. The summed E-state index contributed by atoms with van der Waals surface area (Å²) in [6.07, 6.45) is 5.66. The summed E-state index contributed by atoms with van der Waals surface area (Å²) in [5, 5.41) is 6.75. The van der Waals surface area contributed by atoms with Crippen LogP contribution in [0.2, 0.25) is 0 Å². The second-order valence-electron chi connectivity index (χ2n) is 8.93. The first kappa shape index (κ1) is 22.6. The first-order valence-corrected chi connectivity index (χ1v) is 12.1. The summed E-state index contributed by atoms with van der Waals surface area (Å²) in [7, 11) is 0. The molecule has 0 spiro atoms. The average Bonchev–Trinajstić information content (AvgIpc) is 2.81. The number of likely N-dealkylation sites (tertiary alicyclic amines) is 1. The number of hydrazone groups is 1. The highest BCUT2D eigenvalue weighted by atomic mass is 16.5. The van der Waals surface area contributed by atoms with Gasteiger partial charge < -0.3 is 14.4 Å².